The van der Waals surface area contributed by atoms with E-state index in [2.05, 4.69) is 16.2 Å². The number of hydrogen-bond donors (Lipinski definition) is 3. The lowest BCUT2D eigenvalue weighted by Gasteiger charge is -2.11. The molecular formula is C17H19N3O3. The summed E-state index contributed by atoms with van der Waals surface area (Å²) in [4.78, 5) is 23.5. The van der Waals surface area contributed by atoms with Crippen molar-refractivity contribution >= 4 is 17.6 Å². The third-order valence-electron chi connectivity index (χ3n) is 3.15. The zero-order chi connectivity index (χ0) is 16.5. The van der Waals surface area contributed by atoms with Gasteiger partial charge in [-0.15, -0.1) is 0 Å². The van der Waals surface area contributed by atoms with Gasteiger partial charge in [-0.2, -0.15) is 0 Å². The number of hydrogen-bond acceptors (Lipinski definition) is 3. The summed E-state index contributed by atoms with van der Waals surface area (Å²) < 4.78 is 5.13. The summed E-state index contributed by atoms with van der Waals surface area (Å²) in [7, 11) is 1.52. The smallest absolute Gasteiger partial charge is 0.338 e. The number of anilines is 1. The van der Waals surface area contributed by atoms with Crippen molar-refractivity contribution < 1.29 is 14.3 Å². The van der Waals surface area contributed by atoms with Crippen LogP contribution in [0.5, 0.6) is 5.75 Å². The Hall–Kier alpha value is -3.02. The van der Waals surface area contributed by atoms with Crippen molar-refractivity contribution in [3.63, 3.8) is 0 Å². The minimum atomic E-state index is -0.539. The van der Waals surface area contributed by atoms with Crippen molar-refractivity contribution in [2.45, 2.75) is 12.8 Å². The molecule has 0 aliphatic carbocycles. The molecule has 2 aromatic rings. The molecule has 0 spiro atoms. The number of para-hydroxylation sites is 2. The molecule has 6 heteroatoms. The van der Waals surface area contributed by atoms with Crippen molar-refractivity contribution in [1.82, 2.24) is 10.9 Å². The summed E-state index contributed by atoms with van der Waals surface area (Å²) in [5, 5.41) is 2.60. The number of carbonyl (C=O) groups excluding carboxylic acids is 2. The topological polar surface area (TPSA) is 79.5 Å². The van der Waals surface area contributed by atoms with Crippen LogP contribution in [0.1, 0.15) is 12.0 Å². The molecule has 0 aromatic heterocycles. The first-order chi connectivity index (χ1) is 11.2. The SMILES string of the molecule is COc1ccccc1NC(=O)NNC(=O)CCc1ccccc1. The molecule has 6 nitrogen and oxygen atoms in total. The molecule has 2 rings (SSSR count). The van der Waals surface area contributed by atoms with Crippen LogP contribution in [0, 0.1) is 0 Å². The Morgan fingerprint density at radius 2 is 1.65 bits per heavy atom. The largest absolute Gasteiger partial charge is 0.495 e. The van der Waals surface area contributed by atoms with Gasteiger partial charge < -0.3 is 10.1 Å². The highest BCUT2D eigenvalue weighted by Gasteiger charge is 2.08. The number of nitrogens with one attached hydrogen (secondary N) is 3. The van der Waals surface area contributed by atoms with Crippen molar-refractivity contribution in [3.8, 4) is 5.75 Å². The molecule has 120 valence electrons. The van der Waals surface area contributed by atoms with E-state index in [1.165, 1.54) is 7.11 Å². The Labute approximate surface area is 134 Å². The number of methoxy groups -OCH3 is 1. The molecule has 0 bridgehead atoms. The van der Waals surface area contributed by atoms with Gasteiger partial charge in [0.2, 0.25) is 5.91 Å². The van der Waals surface area contributed by atoms with Gasteiger partial charge in [-0.1, -0.05) is 42.5 Å². The second-order valence-electron chi connectivity index (χ2n) is 4.81. The molecule has 0 aliphatic rings. The first-order valence-corrected chi connectivity index (χ1v) is 7.22. The van der Waals surface area contributed by atoms with E-state index < -0.39 is 6.03 Å². The number of aryl methyl sites for hydroxylation is 1. The minimum Gasteiger partial charge on any atom is -0.495 e. The van der Waals surface area contributed by atoms with Gasteiger partial charge in [0.25, 0.3) is 0 Å². The third-order valence-corrected chi connectivity index (χ3v) is 3.15. The fourth-order valence-corrected chi connectivity index (χ4v) is 1.99. The van der Waals surface area contributed by atoms with Crippen molar-refractivity contribution in [2.24, 2.45) is 0 Å². The summed E-state index contributed by atoms with van der Waals surface area (Å²) in [6, 6.07) is 16.1. The fraction of sp³-hybridized carbons (Fsp3) is 0.176. The maximum absolute atomic E-state index is 11.8. The predicted molar refractivity (Wildman–Crippen MR) is 88.1 cm³/mol. The summed E-state index contributed by atoms with van der Waals surface area (Å²) in [6.45, 7) is 0. The molecule has 3 amide bonds. The number of benzene rings is 2. The van der Waals surface area contributed by atoms with Crippen LogP contribution >= 0.6 is 0 Å². The van der Waals surface area contributed by atoms with E-state index >= 15 is 0 Å². The van der Waals surface area contributed by atoms with Crippen LogP contribution in [-0.2, 0) is 11.2 Å². The van der Waals surface area contributed by atoms with E-state index in [1.807, 2.05) is 30.3 Å². The maximum atomic E-state index is 11.8. The molecule has 0 atom stereocenters. The number of ether oxygens (including phenoxy) is 1. The zero-order valence-corrected chi connectivity index (χ0v) is 12.8. The predicted octanol–water partition coefficient (Wildman–Crippen LogP) is 2.48. The van der Waals surface area contributed by atoms with E-state index in [0.717, 1.165) is 5.56 Å². The van der Waals surface area contributed by atoms with Crippen LogP contribution in [0.15, 0.2) is 54.6 Å². The van der Waals surface area contributed by atoms with Gasteiger partial charge in [0, 0.05) is 6.42 Å². The molecule has 23 heavy (non-hydrogen) atoms. The monoisotopic (exact) mass is 313 g/mol. The lowest BCUT2D eigenvalue weighted by Crippen LogP contribution is -2.44. The highest BCUT2D eigenvalue weighted by atomic mass is 16.5. The summed E-state index contributed by atoms with van der Waals surface area (Å²) in [5.41, 5.74) is 6.27. The Kier molecular flexibility index (Phi) is 5.99. The number of urea groups is 1. The minimum absolute atomic E-state index is 0.260. The molecule has 0 saturated heterocycles. The van der Waals surface area contributed by atoms with Gasteiger partial charge in [-0.25, -0.2) is 10.2 Å². The standard InChI is InChI=1S/C17H19N3O3/c1-23-15-10-6-5-9-14(15)18-17(22)20-19-16(21)12-11-13-7-3-2-4-8-13/h2-10H,11-12H2,1H3,(H,19,21)(H2,18,20,22). The lowest BCUT2D eigenvalue weighted by molar-refractivity contribution is -0.121. The first-order valence-electron chi connectivity index (χ1n) is 7.22. The van der Waals surface area contributed by atoms with E-state index in [-0.39, 0.29) is 5.91 Å². The van der Waals surface area contributed by atoms with Gasteiger partial charge in [-0.3, -0.25) is 10.2 Å². The maximum Gasteiger partial charge on any atom is 0.338 e. The van der Waals surface area contributed by atoms with E-state index in [9.17, 15) is 9.59 Å². The molecule has 0 fully saturated rings. The Morgan fingerprint density at radius 1 is 0.957 bits per heavy atom. The zero-order valence-electron chi connectivity index (χ0n) is 12.8. The first kappa shape index (κ1) is 16.4. The molecule has 0 aliphatic heterocycles. The lowest BCUT2D eigenvalue weighted by atomic mass is 10.1. The number of rotatable bonds is 5. The Balaban J connectivity index is 1.74. The summed E-state index contributed by atoms with van der Waals surface area (Å²) >= 11 is 0. The highest BCUT2D eigenvalue weighted by Crippen LogP contribution is 2.22. The molecule has 0 unspecified atom stereocenters. The van der Waals surface area contributed by atoms with Crippen molar-refractivity contribution in [2.75, 3.05) is 12.4 Å². The van der Waals surface area contributed by atoms with Crippen molar-refractivity contribution in [3.05, 3.63) is 60.2 Å². The Morgan fingerprint density at radius 3 is 2.39 bits per heavy atom. The molecule has 2 aromatic carbocycles. The number of carbonyl (C=O) groups is 2. The normalized spacial score (nSPS) is 9.78. The van der Waals surface area contributed by atoms with E-state index in [4.69, 9.17) is 4.74 Å². The van der Waals surface area contributed by atoms with Gasteiger partial charge in [0.1, 0.15) is 5.75 Å². The van der Waals surface area contributed by atoms with Crippen LogP contribution < -0.4 is 20.9 Å². The van der Waals surface area contributed by atoms with Gasteiger partial charge in [-0.05, 0) is 24.1 Å². The summed E-state index contributed by atoms with van der Waals surface area (Å²) in [5.74, 6) is 0.280. The second-order valence-corrected chi connectivity index (χ2v) is 4.81. The third kappa shape index (κ3) is 5.35. The average Bonchev–Trinajstić information content (AvgIpc) is 2.59. The average molecular weight is 313 g/mol. The van der Waals surface area contributed by atoms with E-state index in [0.29, 0.717) is 24.3 Å². The molecular weight excluding hydrogens is 294 g/mol. The van der Waals surface area contributed by atoms with Gasteiger partial charge in [0.05, 0.1) is 12.8 Å². The molecule has 3 N–H and O–H groups in total. The van der Waals surface area contributed by atoms with Crippen LogP contribution in [-0.4, -0.2) is 19.0 Å². The number of amides is 3. The van der Waals surface area contributed by atoms with Gasteiger partial charge >= 0.3 is 6.03 Å². The van der Waals surface area contributed by atoms with Crippen LogP contribution in [0.4, 0.5) is 10.5 Å². The molecule has 0 heterocycles. The highest BCUT2D eigenvalue weighted by molar-refractivity contribution is 5.92. The second kappa shape index (κ2) is 8.43. The summed E-state index contributed by atoms with van der Waals surface area (Å²) in [6.07, 6.45) is 0.904. The van der Waals surface area contributed by atoms with Gasteiger partial charge in [0.15, 0.2) is 0 Å². The van der Waals surface area contributed by atoms with Crippen LogP contribution in [0.2, 0.25) is 0 Å². The van der Waals surface area contributed by atoms with E-state index in [1.54, 1.807) is 24.3 Å². The Bertz CT molecular complexity index is 659. The number of hydrazine groups is 1. The fourth-order valence-electron chi connectivity index (χ4n) is 1.99. The quantitative estimate of drug-likeness (QED) is 0.742. The molecule has 0 saturated carbocycles. The molecule has 0 radical (unpaired) electrons. The van der Waals surface area contributed by atoms with Crippen LogP contribution in [0.3, 0.4) is 0 Å². The van der Waals surface area contributed by atoms with Crippen LogP contribution in [0.25, 0.3) is 0 Å². The van der Waals surface area contributed by atoms with Crippen molar-refractivity contribution in [1.29, 1.82) is 0 Å².